The quantitative estimate of drug-likeness (QED) is 0.0864. The Morgan fingerprint density at radius 3 is 2.21 bits per heavy atom. The van der Waals surface area contributed by atoms with E-state index in [4.69, 9.17) is 23.7 Å². The number of nitrogens with zero attached hydrogens (tertiary/aromatic N) is 2. The van der Waals surface area contributed by atoms with E-state index in [0.717, 1.165) is 27.4 Å². The smallest absolute Gasteiger partial charge is 0.350 e. The van der Waals surface area contributed by atoms with E-state index in [0.29, 0.717) is 29.4 Å². The average Bonchev–Trinajstić information content (AvgIpc) is 3.59. The topological polar surface area (TPSA) is 134 Å². The summed E-state index contributed by atoms with van der Waals surface area (Å²) in [6, 6.07) is 16.5. The van der Waals surface area contributed by atoms with Crippen molar-refractivity contribution in [2.75, 3.05) is 32.8 Å². The lowest BCUT2D eigenvalue weighted by Crippen LogP contribution is -2.29. The first kappa shape index (κ1) is 33.0. The first-order valence-electron chi connectivity index (χ1n) is 14.7. The number of carbonyl (C=O) groups excluding carboxylic acids is 3. The zero-order chi connectivity index (χ0) is 33.8. The number of hydrogen-bond acceptors (Lipinski definition) is 11. The van der Waals surface area contributed by atoms with Gasteiger partial charge in [0.05, 0.1) is 45.2 Å². The SMILES string of the molecule is CCOC(=O)c1sc(N2C(=O)C(=O)/C(=C(/O)c3ccc(OCc4ccccc4C)cc3)C2c2cc(OC)c(OC)c(OC)c2)nc1C. The number of rotatable bonds is 11. The maximum absolute atomic E-state index is 13.8. The number of anilines is 1. The molecule has 2 heterocycles. The Hall–Kier alpha value is -5.36. The number of hydrogen-bond donors (Lipinski definition) is 1. The van der Waals surface area contributed by atoms with E-state index in [2.05, 4.69) is 4.98 Å². The molecule has 0 bridgehead atoms. The van der Waals surface area contributed by atoms with Crippen LogP contribution in [0.5, 0.6) is 23.0 Å². The lowest BCUT2D eigenvalue weighted by atomic mass is 9.94. The number of carbonyl (C=O) groups is 3. The van der Waals surface area contributed by atoms with E-state index < -0.39 is 29.5 Å². The van der Waals surface area contributed by atoms with Gasteiger partial charge in [0.25, 0.3) is 5.78 Å². The van der Waals surface area contributed by atoms with Gasteiger partial charge >= 0.3 is 11.9 Å². The summed E-state index contributed by atoms with van der Waals surface area (Å²) in [5.41, 5.74) is 2.92. The maximum atomic E-state index is 13.8. The lowest BCUT2D eigenvalue weighted by Gasteiger charge is -2.24. The standard InChI is InChI=1S/C35H34N2O9S/c1-7-45-34(41)32-20(3)36-35(47-32)37-28(23-16-25(42-4)31(44-6)26(17-23)43-5)27(30(39)33(37)40)29(38)21-12-14-24(15-13-21)46-18-22-11-9-8-10-19(22)2/h8-17,28,38H,7,18H2,1-6H3/b29-27+. The average molecular weight is 659 g/mol. The van der Waals surface area contributed by atoms with Crippen molar-refractivity contribution in [2.45, 2.75) is 33.4 Å². The second-order valence-corrected chi connectivity index (χ2v) is 11.5. The Morgan fingerprint density at radius 1 is 0.957 bits per heavy atom. The molecular formula is C35H34N2O9S. The van der Waals surface area contributed by atoms with Gasteiger partial charge in [-0.15, -0.1) is 0 Å². The fourth-order valence-corrected chi connectivity index (χ4v) is 6.26. The number of amides is 1. The minimum Gasteiger partial charge on any atom is -0.507 e. The van der Waals surface area contributed by atoms with Gasteiger partial charge < -0.3 is 28.8 Å². The van der Waals surface area contributed by atoms with Crippen LogP contribution < -0.4 is 23.8 Å². The van der Waals surface area contributed by atoms with Crippen LogP contribution in [0.3, 0.4) is 0 Å². The molecule has 244 valence electrons. The van der Waals surface area contributed by atoms with E-state index in [1.54, 1.807) is 50.2 Å². The van der Waals surface area contributed by atoms with Crippen molar-refractivity contribution in [3.8, 4) is 23.0 Å². The Labute approximate surface area is 275 Å². The van der Waals surface area contributed by atoms with E-state index >= 15 is 0 Å². The summed E-state index contributed by atoms with van der Waals surface area (Å²) in [6.07, 6.45) is 0. The number of esters is 1. The molecule has 1 aliphatic rings. The first-order valence-corrected chi connectivity index (χ1v) is 15.5. The molecule has 0 saturated carbocycles. The Kier molecular flexibility index (Phi) is 9.80. The highest BCUT2D eigenvalue weighted by Crippen LogP contribution is 2.48. The van der Waals surface area contributed by atoms with Crippen LogP contribution >= 0.6 is 11.3 Å². The summed E-state index contributed by atoms with van der Waals surface area (Å²) in [5, 5.41) is 11.7. The van der Waals surface area contributed by atoms with Crippen LogP contribution in [0.25, 0.3) is 5.76 Å². The number of methoxy groups -OCH3 is 3. The number of aryl methyl sites for hydroxylation is 2. The van der Waals surface area contributed by atoms with Crippen molar-refractivity contribution in [3.63, 3.8) is 0 Å². The largest absolute Gasteiger partial charge is 0.507 e. The lowest BCUT2D eigenvalue weighted by molar-refractivity contribution is -0.132. The zero-order valence-corrected chi connectivity index (χ0v) is 27.6. The molecule has 1 fully saturated rings. The summed E-state index contributed by atoms with van der Waals surface area (Å²) < 4.78 is 27.7. The molecule has 12 heteroatoms. The summed E-state index contributed by atoms with van der Waals surface area (Å²) in [5.74, 6) is -1.49. The van der Waals surface area contributed by atoms with E-state index in [1.165, 1.54) is 21.3 Å². The third kappa shape index (κ3) is 6.36. The van der Waals surface area contributed by atoms with Gasteiger partial charge in [-0.2, -0.15) is 0 Å². The van der Waals surface area contributed by atoms with Crippen molar-refractivity contribution in [1.82, 2.24) is 4.98 Å². The highest BCUT2D eigenvalue weighted by atomic mass is 32.1. The summed E-state index contributed by atoms with van der Waals surface area (Å²) in [7, 11) is 4.34. The number of aliphatic hydroxyl groups is 1. The number of aromatic nitrogens is 1. The molecule has 11 nitrogen and oxygen atoms in total. The van der Waals surface area contributed by atoms with Crippen molar-refractivity contribution < 1.29 is 43.2 Å². The van der Waals surface area contributed by atoms with Gasteiger partial charge in [-0.1, -0.05) is 35.6 Å². The fourth-order valence-electron chi connectivity index (χ4n) is 5.27. The van der Waals surface area contributed by atoms with E-state index in [1.807, 2.05) is 31.2 Å². The van der Waals surface area contributed by atoms with Crippen molar-refractivity contribution in [3.05, 3.63) is 99.1 Å². The van der Waals surface area contributed by atoms with Crippen molar-refractivity contribution in [1.29, 1.82) is 0 Å². The van der Waals surface area contributed by atoms with Gasteiger partial charge in [-0.05, 0) is 73.9 Å². The minimum atomic E-state index is -1.18. The number of ether oxygens (including phenoxy) is 5. The molecule has 1 aliphatic heterocycles. The molecule has 3 aromatic carbocycles. The van der Waals surface area contributed by atoms with E-state index in [-0.39, 0.29) is 39.3 Å². The Morgan fingerprint density at radius 2 is 1.62 bits per heavy atom. The van der Waals surface area contributed by atoms with Crippen LogP contribution in [0.4, 0.5) is 5.13 Å². The van der Waals surface area contributed by atoms with Crippen LogP contribution in [0, 0.1) is 13.8 Å². The minimum absolute atomic E-state index is 0.0745. The van der Waals surface area contributed by atoms with Gasteiger partial charge in [-0.3, -0.25) is 14.5 Å². The summed E-state index contributed by atoms with van der Waals surface area (Å²) >= 11 is 0.912. The van der Waals surface area contributed by atoms with Gasteiger partial charge in [0.15, 0.2) is 16.6 Å². The van der Waals surface area contributed by atoms with Crippen molar-refractivity contribution in [2.24, 2.45) is 0 Å². The van der Waals surface area contributed by atoms with Crippen LogP contribution in [-0.4, -0.2) is 55.7 Å². The molecule has 0 radical (unpaired) electrons. The van der Waals surface area contributed by atoms with Crippen LogP contribution in [0.15, 0.2) is 66.2 Å². The molecular weight excluding hydrogens is 624 g/mol. The van der Waals surface area contributed by atoms with Gasteiger partial charge in [-0.25, -0.2) is 9.78 Å². The molecule has 1 amide bonds. The first-order chi connectivity index (χ1) is 22.6. The molecule has 1 unspecified atom stereocenters. The van der Waals surface area contributed by atoms with E-state index in [9.17, 15) is 19.5 Å². The Balaban J connectivity index is 1.61. The third-order valence-electron chi connectivity index (χ3n) is 7.68. The number of ketones is 1. The number of thiazole rings is 1. The number of Topliss-reactive ketones (excluding diaryl/α,β-unsaturated/α-hetero) is 1. The molecule has 5 rings (SSSR count). The van der Waals surface area contributed by atoms with Crippen LogP contribution in [-0.2, 0) is 20.9 Å². The molecule has 0 spiro atoms. The molecule has 1 aromatic heterocycles. The van der Waals surface area contributed by atoms with Crippen molar-refractivity contribution >= 4 is 39.9 Å². The maximum Gasteiger partial charge on any atom is 0.350 e. The summed E-state index contributed by atoms with van der Waals surface area (Å²) in [4.78, 5) is 46.0. The van der Waals surface area contributed by atoms with Gasteiger partial charge in [0.2, 0.25) is 5.75 Å². The number of aliphatic hydroxyl groups excluding tert-OH is 1. The summed E-state index contributed by atoms with van der Waals surface area (Å²) in [6.45, 7) is 5.80. The highest BCUT2D eigenvalue weighted by molar-refractivity contribution is 7.17. The molecule has 47 heavy (non-hydrogen) atoms. The fraction of sp³-hybridized carbons (Fsp3) is 0.257. The molecule has 0 aliphatic carbocycles. The molecule has 1 atom stereocenters. The predicted molar refractivity (Wildman–Crippen MR) is 176 cm³/mol. The second-order valence-electron chi connectivity index (χ2n) is 10.5. The Bertz CT molecular complexity index is 1840. The second kappa shape index (κ2) is 14.0. The zero-order valence-electron chi connectivity index (χ0n) is 26.8. The molecule has 4 aromatic rings. The van der Waals surface area contributed by atoms with Gasteiger partial charge in [0, 0.05) is 5.56 Å². The van der Waals surface area contributed by atoms with Gasteiger partial charge in [0.1, 0.15) is 23.0 Å². The third-order valence-corrected chi connectivity index (χ3v) is 8.82. The molecule has 1 saturated heterocycles. The van der Waals surface area contributed by atoms with Crippen LogP contribution in [0.2, 0.25) is 0 Å². The monoisotopic (exact) mass is 658 g/mol. The highest BCUT2D eigenvalue weighted by Gasteiger charge is 2.49. The normalized spacial score (nSPS) is 15.4. The van der Waals surface area contributed by atoms with Crippen LogP contribution in [0.1, 0.15) is 50.6 Å². The molecule has 1 N–H and O–H groups in total. The number of benzene rings is 3. The predicted octanol–water partition coefficient (Wildman–Crippen LogP) is 6.17.